The Bertz CT molecular complexity index is 318. The number of carbonyl (C=O) groups is 1. The summed E-state index contributed by atoms with van der Waals surface area (Å²) in [5.74, 6) is -2.13. The van der Waals surface area contributed by atoms with E-state index in [1.165, 1.54) is 44.9 Å². The highest BCUT2D eigenvalue weighted by atomic mass is 19.4. The van der Waals surface area contributed by atoms with Gasteiger partial charge in [-0.05, 0) is 6.42 Å². The van der Waals surface area contributed by atoms with Gasteiger partial charge >= 0.3 is 12.1 Å². The highest BCUT2D eigenvalue weighted by Gasteiger charge is 2.44. The Hall–Kier alpha value is -0.780. The summed E-state index contributed by atoms with van der Waals surface area (Å²) >= 11 is 0. The van der Waals surface area contributed by atoms with E-state index in [0.29, 0.717) is 0 Å². The van der Waals surface area contributed by atoms with Gasteiger partial charge in [0.15, 0.2) is 0 Å². The number of unbranched alkanes of at least 4 members (excludes halogenated alkanes) is 8. The van der Waals surface area contributed by atoms with Crippen molar-refractivity contribution in [2.24, 2.45) is 0 Å². The summed E-state index contributed by atoms with van der Waals surface area (Å²) in [6.07, 6.45) is 6.64. The lowest BCUT2D eigenvalue weighted by atomic mass is 10.1. The van der Waals surface area contributed by atoms with Crippen LogP contribution in [0.3, 0.4) is 0 Å². The van der Waals surface area contributed by atoms with Crippen molar-refractivity contribution in [2.45, 2.75) is 89.5 Å². The van der Waals surface area contributed by atoms with Gasteiger partial charge in [0.2, 0.25) is 0 Å². The zero-order valence-electron chi connectivity index (χ0n) is 13.3. The second kappa shape index (κ2) is 10.1. The van der Waals surface area contributed by atoms with Crippen molar-refractivity contribution in [3.63, 3.8) is 0 Å². The maximum atomic E-state index is 11.9. The molecule has 2 atom stereocenters. The van der Waals surface area contributed by atoms with Crippen LogP contribution in [0.25, 0.3) is 0 Å². The van der Waals surface area contributed by atoms with Gasteiger partial charge < -0.3 is 9.47 Å². The fraction of sp³-hybridized carbons (Fsp3) is 0.938. The van der Waals surface area contributed by atoms with Crippen LogP contribution < -0.4 is 0 Å². The summed E-state index contributed by atoms with van der Waals surface area (Å²) in [6.45, 7) is 1.91. The molecular formula is C16H27F3O3. The predicted molar refractivity (Wildman–Crippen MR) is 77.5 cm³/mol. The van der Waals surface area contributed by atoms with Crippen LogP contribution in [0.5, 0.6) is 0 Å². The third-order valence-corrected chi connectivity index (χ3v) is 3.89. The lowest BCUT2D eigenvalue weighted by Gasteiger charge is -2.05. The van der Waals surface area contributed by atoms with Gasteiger partial charge in [-0.1, -0.05) is 64.7 Å². The molecule has 1 aliphatic rings. The molecule has 0 amide bonds. The maximum Gasteiger partial charge on any atom is 0.490 e. The number of hydrogen-bond donors (Lipinski definition) is 0. The van der Waals surface area contributed by atoms with Crippen molar-refractivity contribution in [1.29, 1.82) is 0 Å². The van der Waals surface area contributed by atoms with Gasteiger partial charge in [-0.3, -0.25) is 0 Å². The minimum absolute atomic E-state index is 0.0365. The summed E-state index contributed by atoms with van der Waals surface area (Å²) in [6, 6.07) is 0. The molecule has 1 heterocycles. The van der Waals surface area contributed by atoms with E-state index in [-0.39, 0.29) is 18.8 Å². The molecule has 1 fully saturated rings. The molecule has 0 aromatic carbocycles. The van der Waals surface area contributed by atoms with Crippen LogP contribution in [0.4, 0.5) is 13.2 Å². The third-order valence-electron chi connectivity index (χ3n) is 3.89. The van der Waals surface area contributed by atoms with Gasteiger partial charge in [0.05, 0.1) is 6.10 Å². The van der Waals surface area contributed by atoms with E-state index in [0.717, 1.165) is 19.3 Å². The number of hydrogen-bond acceptors (Lipinski definition) is 3. The van der Waals surface area contributed by atoms with Crippen LogP contribution in [0.1, 0.15) is 71.1 Å². The average molecular weight is 324 g/mol. The number of ether oxygens (including phenoxy) is 2. The monoisotopic (exact) mass is 324 g/mol. The molecule has 0 radical (unpaired) electrons. The molecule has 0 spiro atoms. The second-order valence-electron chi connectivity index (χ2n) is 5.93. The minimum Gasteiger partial charge on any atom is -0.456 e. The van der Waals surface area contributed by atoms with Crippen molar-refractivity contribution in [1.82, 2.24) is 0 Å². The molecular weight excluding hydrogens is 297 g/mol. The molecule has 1 saturated heterocycles. The van der Waals surface area contributed by atoms with Crippen molar-refractivity contribution in [3.8, 4) is 0 Å². The van der Waals surface area contributed by atoms with Crippen LogP contribution in [-0.4, -0.2) is 31.0 Å². The molecule has 1 aliphatic heterocycles. The highest BCUT2D eigenvalue weighted by molar-refractivity contribution is 5.75. The smallest absolute Gasteiger partial charge is 0.456 e. The van der Waals surface area contributed by atoms with E-state index in [1.807, 2.05) is 0 Å². The van der Waals surface area contributed by atoms with Crippen molar-refractivity contribution >= 4 is 5.97 Å². The zero-order valence-corrected chi connectivity index (χ0v) is 13.3. The summed E-state index contributed by atoms with van der Waals surface area (Å²) in [5, 5.41) is 0. The van der Waals surface area contributed by atoms with Gasteiger partial charge in [0.25, 0.3) is 0 Å². The van der Waals surface area contributed by atoms with E-state index in [4.69, 9.17) is 4.74 Å². The molecule has 3 nitrogen and oxygen atoms in total. The first kappa shape index (κ1) is 19.3. The molecule has 22 heavy (non-hydrogen) atoms. The summed E-state index contributed by atoms with van der Waals surface area (Å²) < 4.78 is 45.1. The van der Waals surface area contributed by atoms with Crippen LogP contribution in [0.15, 0.2) is 0 Å². The van der Waals surface area contributed by atoms with E-state index < -0.39 is 12.1 Å². The first-order chi connectivity index (χ1) is 10.4. The SMILES string of the molecule is CCCCCCCCCCCC1OC1COC(=O)C(F)(F)F. The molecule has 0 aromatic heterocycles. The highest BCUT2D eigenvalue weighted by Crippen LogP contribution is 2.28. The summed E-state index contributed by atoms with van der Waals surface area (Å²) in [5.41, 5.74) is 0. The molecule has 0 bridgehead atoms. The molecule has 0 saturated carbocycles. The topological polar surface area (TPSA) is 38.8 Å². The Balaban J connectivity index is 1.87. The van der Waals surface area contributed by atoms with Crippen LogP contribution in [0.2, 0.25) is 0 Å². The number of halogens is 3. The molecule has 0 aliphatic carbocycles. The lowest BCUT2D eigenvalue weighted by Crippen LogP contribution is -2.27. The standard InChI is InChI=1S/C16H27F3O3/c1-2-3-4-5-6-7-8-9-10-11-13-14(22-13)12-21-15(20)16(17,18)19/h13-14H,2-12H2,1H3. The van der Waals surface area contributed by atoms with Crippen molar-refractivity contribution in [3.05, 3.63) is 0 Å². The van der Waals surface area contributed by atoms with E-state index in [2.05, 4.69) is 11.7 Å². The van der Waals surface area contributed by atoms with Gasteiger partial charge in [-0.2, -0.15) is 13.2 Å². The summed E-state index contributed by atoms with van der Waals surface area (Å²) in [4.78, 5) is 10.5. The van der Waals surface area contributed by atoms with Crippen LogP contribution >= 0.6 is 0 Å². The van der Waals surface area contributed by atoms with Gasteiger partial charge in [0, 0.05) is 0 Å². The van der Waals surface area contributed by atoms with Crippen LogP contribution in [-0.2, 0) is 14.3 Å². The quantitative estimate of drug-likeness (QED) is 0.294. The maximum absolute atomic E-state index is 11.9. The molecule has 1 rings (SSSR count). The molecule has 6 heteroatoms. The van der Waals surface area contributed by atoms with Gasteiger partial charge in [-0.15, -0.1) is 0 Å². The summed E-state index contributed by atoms with van der Waals surface area (Å²) in [7, 11) is 0. The Kier molecular flexibility index (Phi) is 8.83. The van der Waals surface area contributed by atoms with E-state index in [9.17, 15) is 18.0 Å². The number of carbonyl (C=O) groups excluding carboxylic acids is 1. The fourth-order valence-corrected chi connectivity index (χ4v) is 2.48. The lowest BCUT2D eigenvalue weighted by molar-refractivity contribution is -0.200. The Morgan fingerprint density at radius 1 is 0.955 bits per heavy atom. The number of alkyl halides is 3. The average Bonchev–Trinajstić information content (AvgIpc) is 3.20. The second-order valence-corrected chi connectivity index (χ2v) is 5.93. The minimum atomic E-state index is -4.92. The number of epoxide rings is 1. The largest absolute Gasteiger partial charge is 0.490 e. The molecule has 2 unspecified atom stereocenters. The first-order valence-corrected chi connectivity index (χ1v) is 8.34. The van der Waals surface area contributed by atoms with Gasteiger partial charge in [-0.25, -0.2) is 4.79 Å². The Morgan fingerprint density at radius 3 is 2.05 bits per heavy atom. The van der Waals surface area contributed by atoms with Crippen molar-refractivity contribution in [2.75, 3.05) is 6.61 Å². The first-order valence-electron chi connectivity index (χ1n) is 8.34. The normalized spacial score (nSPS) is 20.9. The fourth-order valence-electron chi connectivity index (χ4n) is 2.48. The molecule has 0 N–H and O–H groups in total. The Labute approximate surface area is 130 Å². The Morgan fingerprint density at radius 2 is 1.50 bits per heavy atom. The van der Waals surface area contributed by atoms with Crippen molar-refractivity contribution < 1.29 is 27.4 Å². The number of esters is 1. The molecule has 0 aromatic rings. The molecule has 130 valence electrons. The third kappa shape index (κ3) is 8.61. The van der Waals surface area contributed by atoms with Crippen LogP contribution in [0, 0.1) is 0 Å². The van der Waals surface area contributed by atoms with E-state index in [1.54, 1.807) is 0 Å². The zero-order chi connectivity index (χ0) is 16.4. The predicted octanol–water partition coefficient (Wildman–Crippen LogP) is 4.78. The van der Waals surface area contributed by atoms with Gasteiger partial charge in [0.1, 0.15) is 12.7 Å². The number of rotatable bonds is 12. The van der Waals surface area contributed by atoms with E-state index >= 15 is 0 Å².